The van der Waals surface area contributed by atoms with E-state index in [1.807, 2.05) is 42.5 Å². The van der Waals surface area contributed by atoms with Crippen molar-refractivity contribution in [1.82, 2.24) is 4.90 Å². The van der Waals surface area contributed by atoms with Gasteiger partial charge in [-0.3, -0.25) is 4.90 Å². The van der Waals surface area contributed by atoms with Gasteiger partial charge < -0.3 is 28.8 Å². The van der Waals surface area contributed by atoms with E-state index in [9.17, 15) is 5.11 Å². The fraction of sp³-hybridized carbons (Fsp3) is 0.345. The van der Waals surface area contributed by atoms with Crippen molar-refractivity contribution in [3.8, 4) is 28.7 Å². The molecule has 0 saturated heterocycles. The zero-order valence-corrected chi connectivity index (χ0v) is 22.7. The lowest BCUT2D eigenvalue weighted by Crippen LogP contribution is -2.30. The number of aliphatic hydroxyl groups excluding tert-OH is 1. The molecule has 1 unspecified atom stereocenters. The number of halogens is 1. The molecule has 0 aliphatic rings. The molecule has 37 heavy (non-hydrogen) atoms. The summed E-state index contributed by atoms with van der Waals surface area (Å²) in [6, 6.07) is 17.0. The van der Waals surface area contributed by atoms with E-state index in [-0.39, 0.29) is 0 Å². The molecule has 0 amide bonds. The van der Waals surface area contributed by atoms with Crippen LogP contribution in [-0.2, 0) is 13.0 Å². The number of rotatable bonds is 14. The molecule has 0 saturated carbocycles. The third-order valence-electron chi connectivity index (χ3n) is 6.01. The van der Waals surface area contributed by atoms with E-state index in [1.165, 1.54) is 0 Å². The summed E-state index contributed by atoms with van der Waals surface area (Å²) in [4.78, 5) is 2.16. The van der Waals surface area contributed by atoms with Gasteiger partial charge in [0.25, 0.3) is 0 Å². The summed E-state index contributed by atoms with van der Waals surface area (Å²) >= 11 is 6.16. The first kappa shape index (κ1) is 28.4. The number of benzene rings is 3. The number of nitrogens with zero attached hydrogens (tertiary/aromatic N) is 1. The van der Waals surface area contributed by atoms with Gasteiger partial charge in [0.2, 0.25) is 5.75 Å². The van der Waals surface area contributed by atoms with Gasteiger partial charge in [0.15, 0.2) is 23.0 Å². The fourth-order valence-electron chi connectivity index (χ4n) is 4.17. The van der Waals surface area contributed by atoms with Crippen LogP contribution in [0.2, 0.25) is 5.02 Å². The van der Waals surface area contributed by atoms with Crippen LogP contribution in [0, 0.1) is 6.42 Å². The Morgan fingerprint density at radius 1 is 0.784 bits per heavy atom. The lowest BCUT2D eigenvalue weighted by Gasteiger charge is -2.26. The monoisotopic (exact) mass is 528 g/mol. The van der Waals surface area contributed by atoms with Crippen LogP contribution < -0.4 is 23.7 Å². The maximum absolute atomic E-state index is 11.0. The molecule has 0 aromatic heterocycles. The summed E-state index contributed by atoms with van der Waals surface area (Å²) in [6.07, 6.45) is 2.18. The maximum Gasteiger partial charge on any atom is 0.203 e. The molecule has 1 radical (unpaired) electrons. The van der Waals surface area contributed by atoms with Crippen LogP contribution in [0.15, 0.2) is 54.6 Å². The summed E-state index contributed by atoms with van der Waals surface area (Å²) < 4.78 is 27.3. The van der Waals surface area contributed by atoms with E-state index in [0.29, 0.717) is 53.4 Å². The van der Waals surface area contributed by atoms with Gasteiger partial charge in [0.05, 0.1) is 41.7 Å². The van der Waals surface area contributed by atoms with E-state index in [4.69, 9.17) is 35.3 Å². The SMILES string of the molecule is COc1ccc(C[CH]CN(Cc2cc(OC)c(OC)c(OC)c2)CC(O)c2cccc(Cl)c2)cc1OC. The summed E-state index contributed by atoms with van der Waals surface area (Å²) in [5.41, 5.74) is 2.83. The Balaban J connectivity index is 1.79. The first-order chi connectivity index (χ1) is 17.9. The highest BCUT2D eigenvalue weighted by molar-refractivity contribution is 6.30. The first-order valence-corrected chi connectivity index (χ1v) is 12.3. The zero-order valence-electron chi connectivity index (χ0n) is 22.0. The fourth-order valence-corrected chi connectivity index (χ4v) is 4.37. The molecular weight excluding hydrogens is 494 g/mol. The molecular formula is C29H35ClNO6. The van der Waals surface area contributed by atoms with Crippen LogP contribution in [0.5, 0.6) is 28.7 Å². The van der Waals surface area contributed by atoms with Gasteiger partial charge >= 0.3 is 0 Å². The predicted molar refractivity (Wildman–Crippen MR) is 145 cm³/mol. The Bertz CT molecular complexity index is 1130. The van der Waals surface area contributed by atoms with Gasteiger partial charge in [0, 0.05) is 24.7 Å². The Labute approximate surface area is 224 Å². The first-order valence-electron chi connectivity index (χ1n) is 11.9. The van der Waals surface area contributed by atoms with E-state index in [1.54, 1.807) is 47.7 Å². The zero-order chi connectivity index (χ0) is 26.8. The average Bonchev–Trinajstić information content (AvgIpc) is 2.92. The van der Waals surface area contributed by atoms with Crippen molar-refractivity contribution in [1.29, 1.82) is 0 Å². The van der Waals surface area contributed by atoms with E-state index in [0.717, 1.165) is 23.1 Å². The third kappa shape index (κ3) is 7.68. The molecule has 1 N–H and O–H groups in total. The number of ether oxygens (including phenoxy) is 5. The summed E-state index contributed by atoms with van der Waals surface area (Å²) in [7, 11) is 8.02. The minimum Gasteiger partial charge on any atom is -0.493 e. The highest BCUT2D eigenvalue weighted by Gasteiger charge is 2.18. The minimum absolute atomic E-state index is 0.402. The highest BCUT2D eigenvalue weighted by Crippen LogP contribution is 2.38. The van der Waals surface area contributed by atoms with Gasteiger partial charge in [-0.2, -0.15) is 0 Å². The molecule has 3 aromatic carbocycles. The van der Waals surface area contributed by atoms with E-state index >= 15 is 0 Å². The van der Waals surface area contributed by atoms with Crippen LogP contribution in [0.4, 0.5) is 0 Å². The second kappa shape index (κ2) is 14.0. The largest absolute Gasteiger partial charge is 0.493 e. The quantitative estimate of drug-likeness (QED) is 0.302. The molecule has 0 fully saturated rings. The van der Waals surface area contributed by atoms with E-state index in [2.05, 4.69) is 11.3 Å². The minimum atomic E-state index is -0.713. The van der Waals surface area contributed by atoms with E-state index < -0.39 is 6.10 Å². The molecule has 8 heteroatoms. The van der Waals surface area contributed by atoms with Crippen molar-refractivity contribution in [2.45, 2.75) is 19.1 Å². The topological polar surface area (TPSA) is 69.6 Å². The molecule has 0 aliphatic heterocycles. The van der Waals surface area contributed by atoms with Gasteiger partial charge in [-0.05, 0) is 65.9 Å². The normalized spacial score (nSPS) is 11.8. The lowest BCUT2D eigenvalue weighted by molar-refractivity contribution is 0.113. The number of hydrogen-bond acceptors (Lipinski definition) is 7. The third-order valence-corrected chi connectivity index (χ3v) is 6.25. The summed E-state index contributed by atoms with van der Waals surface area (Å²) in [5.74, 6) is 3.10. The molecule has 1 atom stereocenters. The maximum atomic E-state index is 11.0. The highest BCUT2D eigenvalue weighted by atomic mass is 35.5. The van der Waals surface area contributed by atoms with Crippen molar-refractivity contribution < 1.29 is 28.8 Å². The van der Waals surface area contributed by atoms with Crippen molar-refractivity contribution in [3.63, 3.8) is 0 Å². The standard InChI is InChI=1S/C29H35ClNO6/c1-33-25-12-11-20(14-26(25)34-2)8-7-13-31(19-24(32)22-9-6-10-23(30)17-22)18-21-15-27(35-3)29(37-5)28(16-21)36-4/h6-7,9-12,14-17,24,32H,8,13,18-19H2,1-5H3. The molecule has 0 heterocycles. The van der Waals surface area contributed by atoms with Crippen molar-refractivity contribution in [3.05, 3.63) is 82.7 Å². The molecule has 0 bridgehead atoms. The van der Waals surface area contributed by atoms with Crippen LogP contribution in [0.1, 0.15) is 22.8 Å². The van der Waals surface area contributed by atoms with Crippen molar-refractivity contribution in [2.75, 3.05) is 48.6 Å². The Morgan fingerprint density at radius 3 is 2.03 bits per heavy atom. The molecule has 0 spiro atoms. The van der Waals surface area contributed by atoms with Gasteiger partial charge in [0.1, 0.15) is 0 Å². The molecule has 7 nitrogen and oxygen atoms in total. The predicted octanol–water partition coefficient (Wildman–Crippen LogP) is 5.37. The van der Waals surface area contributed by atoms with Gasteiger partial charge in [-0.1, -0.05) is 29.8 Å². The van der Waals surface area contributed by atoms with Gasteiger partial charge in [-0.15, -0.1) is 0 Å². The van der Waals surface area contributed by atoms with Crippen LogP contribution in [0.3, 0.4) is 0 Å². The second-order valence-corrected chi connectivity index (χ2v) is 8.92. The van der Waals surface area contributed by atoms with Crippen molar-refractivity contribution >= 4 is 11.6 Å². The summed E-state index contributed by atoms with van der Waals surface area (Å²) in [6.45, 7) is 1.58. The molecule has 3 aromatic rings. The van der Waals surface area contributed by atoms with Gasteiger partial charge in [-0.25, -0.2) is 0 Å². The van der Waals surface area contributed by atoms with Crippen LogP contribution >= 0.6 is 11.6 Å². The Morgan fingerprint density at radius 2 is 1.43 bits per heavy atom. The number of methoxy groups -OCH3 is 5. The number of aliphatic hydroxyl groups is 1. The molecule has 3 rings (SSSR count). The van der Waals surface area contributed by atoms with Crippen LogP contribution in [-0.4, -0.2) is 58.6 Å². The lowest BCUT2D eigenvalue weighted by atomic mass is 10.1. The average molecular weight is 529 g/mol. The second-order valence-electron chi connectivity index (χ2n) is 8.48. The Kier molecular flexibility index (Phi) is 10.7. The smallest absolute Gasteiger partial charge is 0.203 e. The van der Waals surface area contributed by atoms with Crippen molar-refractivity contribution in [2.24, 2.45) is 0 Å². The number of hydrogen-bond donors (Lipinski definition) is 1. The molecule has 199 valence electrons. The summed E-state index contributed by atoms with van der Waals surface area (Å²) in [5, 5.41) is 11.6. The Hall–Kier alpha value is -3.13. The van der Waals surface area contributed by atoms with Crippen LogP contribution in [0.25, 0.3) is 0 Å². The molecule has 0 aliphatic carbocycles.